The normalized spacial score (nSPS) is 15.4. The smallest absolute Gasteiger partial charge is 0.326 e. The van der Waals surface area contributed by atoms with E-state index in [1.54, 1.807) is 16.4 Å². The summed E-state index contributed by atoms with van der Waals surface area (Å²) in [6.07, 6.45) is -0.607. The number of thiol groups is 1. The van der Waals surface area contributed by atoms with Gasteiger partial charge in [0.2, 0.25) is 5.95 Å². The molecule has 2 heterocycles. The maximum atomic E-state index is 12.4. The molecule has 1 unspecified atom stereocenters. The Balaban J connectivity index is 1.60. The zero-order valence-electron chi connectivity index (χ0n) is 17.2. The van der Waals surface area contributed by atoms with Gasteiger partial charge in [-0.1, -0.05) is 12.8 Å². The van der Waals surface area contributed by atoms with E-state index in [0.717, 1.165) is 0 Å². The molecule has 14 heteroatoms. The van der Waals surface area contributed by atoms with Crippen LogP contribution >= 0.6 is 12.8 Å². The first-order chi connectivity index (χ1) is 15.6. The van der Waals surface area contributed by atoms with E-state index in [1.165, 1.54) is 12.1 Å². The summed E-state index contributed by atoms with van der Waals surface area (Å²) in [6.45, 7) is 0.856. The van der Waals surface area contributed by atoms with Crippen LogP contribution in [0.3, 0.4) is 0 Å². The summed E-state index contributed by atoms with van der Waals surface area (Å²) in [6, 6.07) is 4.78. The number of nitrogens with one attached hydrogen (secondary N) is 4. The number of hydrogen-bond donors (Lipinski definition) is 8. The third-order valence-electron chi connectivity index (χ3n) is 4.87. The fourth-order valence-electron chi connectivity index (χ4n) is 3.20. The number of hydrogen-bond acceptors (Lipinski definition) is 10. The number of carboxylic acid groups (broad SMARTS) is 2. The lowest BCUT2D eigenvalue weighted by Crippen LogP contribution is -2.43. The number of anilines is 4. The molecule has 2 atom stereocenters. The predicted molar refractivity (Wildman–Crippen MR) is 124 cm³/mol. The van der Waals surface area contributed by atoms with Gasteiger partial charge in [-0.2, -0.15) is 4.98 Å². The molecule has 8 N–H and O–H groups in total. The lowest BCUT2D eigenvalue weighted by atomic mass is 10.1. The Kier molecular flexibility index (Phi) is 7.27. The van der Waals surface area contributed by atoms with Crippen LogP contribution in [-0.2, 0) is 9.59 Å². The number of nitrogen functional groups attached to an aromatic ring is 1. The standard InChI is InChI=1S/C19H23N7O6S/c20-19-24-15-14(17(30)25-19)22-10(7-21-15)8-26(33)11-3-1-9(2-4-11)16(29)23-12(18(31)32)5-6-13(27)28/h1-4,10,12,22,33H,5-8H2,(H,23,29)(H,27,28)(H,31,32)(H4,20,21,24,25,30)/t10?,12-/m0/s1. The fraction of sp³-hybridized carbons (Fsp3) is 0.316. The Morgan fingerprint density at radius 2 is 1.97 bits per heavy atom. The van der Waals surface area contributed by atoms with Crippen molar-refractivity contribution in [3.05, 3.63) is 40.2 Å². The number of carbonyl (C=O) groups is 3. The first-order valence-corrected chi connectivity index (χ1v) is 10.3. The van der Waals surface area contributed by atoms with Gasteiger partial charge in [-0.3, -0.25) is 19.4 Å². The zero-order chi connectivity index (χ0) is 24.1. The quantitative estimate of drug-likeness (QED) is 0.225. The second-order valence-electron chi connectivity index (χ2n) is 7.32. The number of aromatic amines is 1. The molecule has 1 amide bonds. The van der Waals surface area contributed by atoms with Gasteiger partial charge >= 0.3 is 11.9 Å². The molecule has 3 rings (SSSR count). The van der Waals surface area contributed by atoms with Crippen molar-refractivity contribution in [3.8, 4) is 0 Å². The number of fused-ring (bicyclic) bond motifs is 1. The Bertz CT molecular complexity index is 1110. The summed E-state index contributed by atoms with van der Waals surface area (Å²) in [5, 5.41) is 26.4. The number of H-pyrrole nitrogens is 1. The van der Waals surface area contributed by atoms with E-state index < -0.39 is 29.4 Å². The molecule has 0 aliphatic carbocycles. The van der Waals surface area contributed by atoms with Gasteiger partial charge < -0.3 is 36.2 Å². The van der Waals surface area contributed by atoms with Crippen LogP contribution in [0, 0.1) is 0 Å². The SMILES string of the molecule is Nc1nc2c(c(=O)[nH]1)NC(CN(S)c1ccc(C(=O)N[C@@H](CCC(=O)O)C(=O)O)cc1)CN2. The van der Waals surface area contributed by atoms with Gasteiger partial charge in [0.05, 0.1) is 12.6 Å². The van der Waals surface area contributed by atoms with Crippen LogP contribution in [0.2, 0.25) is 0 Å². The number of carbonyl (C=O) groups excluding carboxylic acids is 1. The number of rotatable bonds is 9. The van der Waals surface area contributed by atoms with Gasteiger partial charge in [0, 0.05) is 24.2 Å². The molecule has 1 aromatic carbocycles. The predicted octanol–water partition coefficient (Wildman–Crippen LogP) is -0.0427. The Morgan fingerprint density at radius 1 is 1.27 bits per heavy atom. The van der Waals surface area contributed by atoms with Crippen LogP contribution in [-0.4, -0.2) is 63.2 Å². The van der Waals surface area contributed by atoms with Gasteiger partial charge in [-0.15, -0.1) is 0 Å². The topological polar surface area (TPSA) is 203 Å². The average Bonchev–Trinajstić information content (AvgIpc) is 2.76. The molecule has 1 aliphatic rings. The number of benzene rings is 1. The number of aromatic nitrogens is 2. The maximum Gasteiger partial charge on any atom is 0.326 e. The zero-order valence-corrected chi connectivity index (χ0v) is 18.1. The van der Waals surface area contributed by atoms with Gasteiger partial charge in [-0.25, -0.2) is 4.79 Å². The Hall–Kier alpha value is -3.94. The molecule has 0 radical (unpaired) electrons. The van der Waals surface area contributed by atoms with Crippen LogP contribution in [0.15, 0.2) is 29.1 Å². The van der Waals surface area contributed by atoms with E-state index in [4.69, 9.17) is 10.8 Å². The summed E-state index contributed by atoms with van der Waals surface area (Å²) in [7, 11) is 0. The summed E-state index contributed by atoms with van der Waals surface area (Å²) < 4.78 is 1.62. The molecular weight excluding hydrogens is 454 g/mol. The van der Waals surface area contributed by atoms with Crippen LogP contribution in [0.25, 0.3) is 0 Å². The monoisotopic (exact) mass is 477 g/mol. The highest BCUT2D eigenvalue weighted by atomic mass is 32.1. The molecule has 13 nitrogen and oxygen atoms in total. The summed E-state index contributed by atoms with van der Waals surface area (Å²) in [4.78, 5) is 52.8. The summed E-state index contributed by atoms with van der Waals surface area (Å²) >= 11 is 4.47. The third kappa shape index (κ3) is 6.06. The minimum atomic E-state index is -1.31. The van der Waals surface area contributed by atoms with Crippen molar-refractivity contribution in [1.29, 1.82) is 0 Å². The summed E-state index contributed by atoms with van der Waals surface area (Å²) in [5.74, 6) is -2.70. The van der Waals surface area contributed by atoms with Gasteiger partial charge in [0.25, 0.3) is 11.5 Å². The molecule has 0 spiro atoms. The van der Waals surface area contributed by atoms with Crippen molar-refractivity contribution in [2.45, 2.75) is 24.9 Å². The van der Waals surface area contributed by atoms with Crippen molar-refractivity contribution in [2.24, 2.45) is 0 Å². The minimum Gasteiger partial charge on any atom is -0.481 e. The molecule has 176 valence electrons. The lowest BCUT2D eigenvalue weighted by molar-refractivity contribution is -0.140. The van der Waals surface area contributed by atoms with Crippen molar-refractivity contribution < 1.29 is 24.6 Å². The van der Waals surface area contributed by atoms with Crippen LogP contribution in [0.1, 0.15) is 23.2 Å². The van der Waals surface area contributed by atoms with Crippen molar-refractivity contribution in [2.75, 3.05) is 33.8 Å². The second-order valence-corrected chi connectivity index (χ2v) is 7.81. The van der Waals surface area contributed by atoms with Gasteiger partial charge in [-0.05, 0) is 30.7 Å². The number of nitrogens with zero attached hydrogens (tertiary/aromatic N) is 2. The lowest BCUT2D eigenvalue weighted by Gasteiger charge is -2.30. The fourth-order valence-corrected chi connectivity index (χ4v) is 3.53. The minimum absolute atomic E-state index is 0.0167. The van der Waals surface area contributed by atoms with Gasteiger partial charge in [0.15, 0.2) is 5.82 Å². The molecule has 0 bridgehead atoms. The van der Waals surface area contributed by atoms with Crippen LogP contribution in [0.4, 0.5) is 23.1 Å². The Labute approximate surface area is 192 Å². The molecule has 2 aromatic rings. The first kappa shape index (κ1) is 23.7. The third-order valence-corrected chi connectivity index (χ3v) is 5.27. The number of carboxylic acids is 2. The molecule has 1 aromatic heterocycles. The van der Waals surface area contributed by atoms with Crippen LogP contribution < -0.4 is 31.5 Å². The molecular formula is C19H23N7O6S. The molecule has 0 fully saturated rings. The van der Waals surface area contributed by atoms with Crippen molar-refractivity contribution in [1.82, 2.24) is 15.3 Å². The average molecular weight is 478 g/mol. The highest BCUT2D eigenvalue weighted by Crippen LogP contribution is 2.23. The number of nitrogens with two attached hydrogens (primary N) is 1. The van der Waals surface area contributed by atoms with Crippen molar-refractivity contribution >= 4 is 53.8 Å². The maximum absolute atomic E-state index is 12.4. The second kappa shape index (κ2) is 10.1. The van der Waals surface area contributed by atoms with Crippen molar-refractivity contribution in [3.63, 3.8) is 0 Å². The van der Waals surface area contributed by atoms with E-state index in [0.29, 0.717) is 24.6 Å². The van der Waals surface area contributed by atoms with E-state index in [1.807, 2.05) is 0 Å². The molecule has 1 aliphatic heterocycles. The van der Waals surface area contributed by atoms with E-state index in [2.05, 4.69) is 38.7 Å². The molecule has 33 heavy (non-hydrogen) atoms. The van der Waals surface area contributed by atoms with Gasteiger partial charge in [0.1, 0.15) is 11.7 Å². The molecule has 0 saturated carbocycles. The number of aliphatic carboxylic acids is 2. The largest absolute Gasteiger partial charge is 0.481 e. The van der Waals surface area contributed by atoms with E-state index >= 15 is 0 Å². The van der Waals surface area contributed by atoms with Crippen LogP contribution in [0.5, 0.6) is 0 Å². The highest BCUT2D eigenvalue weighted by molar-refractivity contribution is 7.81. The highest BCUT2D eigenvalue weighted by Gasteiger charge is 2.24. The Morgan fingerprint density at radius 3 is 2.61 bits per heavy atom. The first-order valence-electron chi connectivity index (χ1n) is 9.86. The van der Waals surface area contributed by atoms with E-state index in [9.17, 15) is 24.3 Å². The number of amides is 1. The summed E-state index contributed by atoms with van der Waals surface area (Å²) in [5.41, 5.74) is 6.30. The molecule has 0 saturated heterocycles. The van der Waals surface area contributed by atoms with E-state index in [-0.39, 0.29) is 36.1 Å².